The van der Waals surface area contributed by atoms with Gasteiger partial charge in [0.25, 0.3) is 0 Å². The molecule has 0 aliphatic rings. The average molecular weight is 332 g/mol. The van der Waals surface area contributed by atoms with E-state index < -0.39 is 12.5 Å². The maximum atomic E-state index is 14.0. The van der Waals surface area contributed by atoms with Crippen LogP contribution in [0.5, 0.6) is 5.75 Å². The quantitative estimate of drug-likeness (QED) is 0.715. The Labute approximate surface area is 137 Å². The van der Waals surface area contributed by atoms with Crippen molar-refractivity contribution in [2.75, 3.05) is 7.11 Å². The fourth-order valence-corrected chi connectivity index (χ4v) is 2.47. The number of hydrogen-bond acceptors (Lipinski definition) is 3. The number of alkyl halides is 1. The van der Waals surface area contributed by atoms with Crippen LogP contribution < -0.4 is 4.74 Å². The predicted octanol–water partition coefficient (Wildman–Crippen LogP) is 4.45. The molecule has 3 aromatic rings. The van der Waals surface area contributed by atoms with E-state index in [1.807, 2.05) is 24.3 Å². The molecule has 3 nitrogen and oxygen atoms in total. The van der Waals surface area contributed by atoms with E-state index >= 15 is 0 Å². The van der Waals surface area contributed by atoms with Gasteiger partial charge in [0, 0.05) is 10.5 Å². The number of methoxy groups -OCH3 is 1. The number of ether oxygens (including phenoxy) is 1. The molecule has 0 aliphatic heterocycles. The maximum absolute atomic E-state index is 14.0. The van der Waals surface area contributed by atoms with Gasteiger partial charge in [0.1, 0.15) is 6.67 Å². The number of benzene rings is 2. The highest BCUT2D eigenvalue weighted by atomic mass is 32.1. The van der Waals surface area contributed by atoms with Crippen molar-refractivity contribution < 1.29 is 13.5 Å². The van der Waals surface area contributed by atoms with Crippen molar-refractivity contribution in [3.05, 3.63) is 60.0 Å². The molecule has 1 aromatic heterocycles. The van der Waals surface area contributed by atoms with Gasteiger partial charge in [-0.15, -0.1) is 12.6 Å². The third kappa shape index (κ3) is 3.07. The summed E-state index contributed by atoms with van der Waals surface area (Å²) in [6, 6.07) is 13.5. The Balaban J connectivity index is 2.13. The summed E-state index contributed by atoms with van der Waals surface area (Å²) in [5, 5.41) is 4.24. The van der Waals surface area contributed by atoms with Crippen molar-refractivity contribution >= 4 is 12.6 Å². The van der Waals surface area contributed by atoms with Gasteiger partial charge in [-0.3, -0.25) is 0 Å². The molecule has 1 heterocycles. The van der Waals surface area contributed by atoms with E-state index in [1.165, 1.54) is 19.2 Å². The molecule has 23 heavy (non-hydrogen) atoms. The molecular weight excluding hydrogens is 318 g/mol. The molecule has 0 N–H and O–H groups in total. The number of halogens is 2. The Morgan fingerprint density at radius 1 is 1.13 bits per heavy atom. The first kappa shape index (κ1) is 15.6. The molecule has 0 saturated heterocycles. The first-order valence-electron chi connectivity index (χ1n) is 6.90. The second kappa shape index (κ2) is 6.42. The van der Waals surface area contributed by atoms with E-state index in [0.717, 1.165) is 10.6 Å². The first-order valence-corrected chi connectivity index (χ1v) is 7.35. The summed E-state index contributed by atoms with van der Waals surface area (Å²) in [6.07, 6.45) is 0. The zero-order chi connectivity index (χ0) is 16.4. The summed E-state index contributed by atoms with van der Waals surface area (Å²) < 4.78 is 33.5. The predicted molar refractivity (Wildman–Crippen MR) is 87.6 cm³/mol. The van der Waals surface area contributed by atoms with Crippen LogP contribution in [0.25, 0.3) is 16.9 Å². The fourth-order valence-electron chi connectivity index (χ4n) is 2.32. The molecule has 6 heteroatoms. The van der Waals surface area contributed by atoms with Crippen LogP contribution >= 0.6 is 12.6 Å². The lowest BCUT2D eigenvalue weighted by Gasteiger charge is -2.09. The maximum Gasteiger partial charge on any atom is 0.165 e. The van der Waals surface area contributed by atoms with Crippen molar-refractivity contribution in [2.45, 2.75) is 11.6 Å². The Bertz CT molecular complexity index is 831. The van der Waals surface area contributed by atoms with Gasteiger partial charge >= 0.3 is 0 Å². The summed E-state index contributed by atoms with van der Waals surface area (Å²) in [6.45, 7) is -0.691. The van der Waals surface area contributed by atoms with Crippen LogP contribution in [0.4, 0.5) is 8.78 Å². The Morgan fingerprint density at radius 3 is 2.48 bits per heavy atom. The minimum atomic E-state index is -0.691. The van der Waals surface area contributed by atoms with Crippen LogP contribution in [-0.4, -0.2) is 16.9 Å². The summed E-state index contributed by atoms with van der Waals surface area (Å²) in [5.41, 5.74) is 2.22. The van der Waals surface area contributed by atoms with Crippen molar-refractivity contribution in [2.24, 2.45) is 0 Å². The zero-order valence-electron chi connectivity index (χ0n) is 12.3. The summed E-state index contributed by atoms with van der Waals surface area (Å²) in [4.78, 5) is 0.809. The lowest BCUT2D eigenvalue weighted by Crippen LogP contribution is -2.00. The third-order valence-electron chi connectivity index (χ3n) is 3.44. The van der Waals surface area contributed by atoms with E-state index in [4.69, 9.17) is 4.74 Å². The molecule has 0 radical (unpaired) electrons. The molecule has 2 aromatic carbocycles. The summed E-state index contributed by atoms with van der Waals surface area (Å²) >= 11 is 4.25. The molecule has 0 spiro atoms. The molecule has 3 rings (SSSR count). The van der Waals surface area contributed by atoms with Gasteiger partial charge in [-0.05, 0) is 48.5 Å². The molecular formula is C17H14F2N2OS. The van der Waals surface area contributed by atoms with Crippen molar-refractivity contribution in [1.82, 2.24) is 9.78 Å². The highest BCUT2D eigenvalue weighted by Crippen LogP contribution is 2.28. The number of hydrogen-bond donors (Lipinski definition) is 1. The lowest BCUT2D eigenvalue weighted by atomic mass is 10.1. The van der Waals surface area contributed by atoms with Gasteiger partial charge in [-0.25, -0.2) is 13.5 Å². The largest absolute Gasteiger partial charge is 0.494 e. The zero-order valence-corrected chi connectivity index (χ0v) is 13.2. The number of aromatic nitrogens is 2. The second-order valence-corrected chi connectivity index (χ2v) is 5.45. The monoisotopic (exact) mass is 332 g/mol. The second-order valence-electron chi connectivity index (χ2n) is 4.93. The number of rotatable bonds is 4. The van der Waals surface area contributed by atoms with Crippen LogP contribution in [0.2, 0.25) is 0 Å². The van der Waals surface area contributed by atoms with E-state index in [-0.39, 0.29) is 11.4 Å². The first-order chi connectivity index (χ1) is 11.1. The average Bonchev–Trinajstić information content (AvgIpc) is 3.00. The SMILES string of the molecule is COc1ccc(-c2cc(CF)nn2-c2ccc(S)cc2)cc1F. The van der Waals surface area contributed by atoms with Crippen molar-refractivity contribution in [3.63, 3.8) is 0 Å². The molecule has 118 valence electrons. The summed E-state index contributed by atoms with van der Waals surface area (Å²) in [5.74, 6) is -0.324. The van der Waals surface area contributed by atoms with Gasteiger partial charge in [-0.2, -0.15) is 5.10 Å². The molecule has 0 unspecified atom stereocenters. The normalized spacial score (nSPS) is 10.8. The van der Waals surface area contributed by atoms with Crippen LogP contribution in [0.15, 0.2) is 53.4 Å². The van der Waals surface area contributed by atoms with E-state index in [1.54, 1.807) is 16.8 Å². The third-order valence-corrected chi connectivity index (χ3v) is 3.74. The smallest absolute Gasteiger partial charge is 0.165 e. The Kier molecular flexibility index (Phi) is 4.34. The lowest BCUT2D eigenvalue weighted by molar-refractivity contribution is 0.386. The van der Waals surface area contributed by atoms with Crippen LogP contribution in [-0.2, 0) is 6.67 Å². The van der Waals surface area contributed by atoms with Gasteiger partial charge in [0.05, 0.1) is 24.2 Å². The summed E-state index contributed by atoms with van der Waals surface area (Å²) in [7, 11) is 1.41. The van der Waals surface area contributed by atoms with Crippen LogP contribution in [0, 0.1) is 5.82 Å². The van der Waals surface area contributed by atoms with E-state index in [9.17, 15) is 8.78 Å². The minimum Gasteiger partial charge on any atom is -0.494 e. The van der Waals surface area contributed by atoms with Crippen LogP contribution in [0.1, 0.15) is 5.69 Å². The standard InChI is InChI=1S/C17H14F2N2OS/c1-22-17-7-2-11(8-15(17)19)16-9-12(10-18)20-21(16)13-3-5-14(23)6-4-13/h2-9,23H,10H2,1H3. The van der Waals surface area contributed by atoms with Crippen LogP contribution in [0.3, 0.4) is 0 Å². The molecule has 0 amide bonds. The van der Waals surface area contributed by atoms with Gasteiger partial charge < -0.3 is 4.74 Å². The highest BCUT2D eigenvalue weighted by molar-refractivity contribution is 7.80. The molecule has 0 bridgehead atoms. The topological polar surface area (TPSA) is 27.1 Å². The molecule has 0 atom stereocenters. The molecule has 0 fully saturated rings. The van der Waals surface area contributed by atoms with E-state index in [2.05, 4.69) is 17.7 Å². The van der Waals surface area contributed by atoms with Crippen molar-refractivity contribution in [3.8, 4) is 22.7 Å². The fraction of sp³-hybridized carbons (Fsp3) is 0.118. The Morgan fingerprint density at radius 2 is 1.87 bits per heavy atom. The van der Waals surface area contributed by atoms with Gasteiger partial charge in [0.2, 0.25) is 0 Å². The Hall–Kier alpha value is -2.34. The van der Waals surface area contributed by atoms with Crippen molar-refractivity contribution in [1.29, 1.82) is 0 Å². The molecule has 0 saturated carbocycles. The van der Waals surface area contributed by atoms with Gasteiger partial charge in [0.15, 0.2) is 11.6 Å². The van der Waals surface area contributed by atoms with E-state index in [0.29, 0.717) is 11.3 Å². The number of thiol groups is 1. The minimum absolute atomic E-state index is 0.157. The van der Waals surface area contributed by atoms with Gasteiger partial charge in [-0.1, -0.05) is 0 Å². The number of nitrogens with zero attached hydrogens (tertiary/aromatic N) is 2. The highest BCUT2D eigenvalue weighted by Gasteiger charge is 2.14. The molecule has 0 aliphatic carbocycles.